The van der Waals surface area contributed by atoms with Crippen LogP contribution in [0.5, 0.6) is 11.5 Å². The Kier molecular flexibility index (Phi) is 4.09. The summed E-state index contributed by atoms with van der Waals surface area (Å²) in [6.45, 7) is 3.28. The Bertz CT molecular complexity index is 851. The highest BCUT2D eigenvalue weighted by atomic mass is 17.2. The summed E-state index contributed by atoms with van der Waals surface area (Å²) in [6.07, 6.45) is 0.972. The summed E-state index contributed by atoms with van der Waals surface area (Å²) in [4.78, 5) is 10.8. The number of hydrogen-bond acceptors (Lipinski definition) is 3. The van der Waals surface area contributed by atoms with E-state index in [2.05, 4.69) is 49.4 Å². The zero-order valence-electron chi connectivity index (χ0n) is 13.7. The molecule has 0 N–H and O–H groups in total. The van der Waals surface area contributed by atoms with Gasteiger partial charge in [0.2, 0.25) is 0 Å². The molecule has 0 bridgehead atoms. The Labute approximate surface area is 141 Å². The van der Waals surface area contributed by atoms with E-state index in [0.29, 0.717) is 13.2 Å². The maximum atomic E-state index is 5.98. The third-order valence-corrected chi connectivity index (χ3v) is 4.42. The van der Waals surface area contributed by atoms with Crippen molar-refractivity contribution in [1.82, 2.24) is 0 Å². The van der Waals surface area contributed by atoms with Crippen LogP contribution in [0.4, 0.5) is 0 Å². The van der Waals surface area contributed by atoms with Crippen LogP contribution >= 0.6 is 0 Å². The average Bonchev–Trinajstić information content (AvgIpc) is 2.65. The molecule has 0 aliphatic carbocycles. The molecule has 0 saturated heterocycles. The largest absolute Gasteiger partial charge is 0.493 e. The standard InChI is InChI=1S/C21H20O3/c1-2-13-22-19-11-6-12-20-21(19)18(14-23-24-20)17-10-5-8-15-7-3-4-9-16(15)17/h3-12,18H,2,13-14H2,1H3. The van der Waals surface area contributed by atoms with Crippen molar-refractivity contribution in [2.75, 3.05) is 13.2 Å². The van der Waals surface area contributed by atoms with Crippen molar-refractivity contribution in [3.8, 4) is 11.5 Å². The van der Waals surface area contributed by atoms with Gasteiger partial charge in [-0.3, -0.25) is 0 Å². The first-order valence-electron chi connectivity index (χ1n) is 8.41. The van der Waals surface area contributed by atoms with Crippen LogP contribution < -0.4 is 9.62 Å². The van der Waals surface area contributed by atoms with E-state index in [1.165, 1.54) is 16.3 Å². The fourth-order valence-corrected chi connectivity index (χ4v) is 3.33. The number of ether oxygens (including phenoxy) is 1. The lowest BCUT2D eigenvalue weighted by atomic mass is 9.87. The molecular weight excluding hydrogens is 300 g/mol. The van der Waals surface area contributed by atoms with Gasteiger partial charge < -0.3 is 9.62 Å². The van der Waals surface area contributed by atoms with Gasteiger partial charge in [-0.1, -0.05) is 55.5 Å². The molecule has 0 saturated carbocycles. The Balaban J connectivity index is 1.86. The lowest BCUT2D eigenvalue weighted by molar-refractivity contribution is -0.219. The maximum Gasteiger partial charge on any atom is 0.173 e. The zero-order chi connectivity index (χ0) is 16.4. The summed E-state index contributed by atoms with van der Waals surface area (Å²) in [7, 11) is 0. The van der Waals surface area contributed by atoms with E-state index in [0.717, 1.165) is 23.5 Å². The van der Waals surface area contributed by atoms with E-state index >= 15 is 0 Å². The summed E-state index contributed by atoms with van der Waals surface area (Å²) < 4.78 is 5.98. The van der Waals surface area contributed by atoms with Crippen molar-refractivity contribution >= 4 is 10.8 Å². The Hall–Kier alpha value is -2.52. The lowest BCUT2D eigenvalue weighted by Gasteiger charge is -2.27. The van der Waals surface area contributed by atoms with Gasteiger partial charge in [0.25, 0.3) is 0 Å². The van der Waals surface area contributed by atoms with Crippen LogP contribution in [0.15, 0.2) is 60.7 Å². The summed E-state index contributed by atoms with van der Waals surface area (Å²) in [5, 5.41) is 2.47. The fraction of sp³-hybridized carbons (Fsp3) is 0.238. The maximum absolute atomic E-state index is 5.98. The third kappa shape index (κ3) is 2.61. The second-order valence-electron chi connectivity index (χ2n) is 6.01. The van der Waals surface area contributed by atoms with Crippen molar-refractivity contribution < 1.29 is 14.5 Å². The van der Waals surface area contributed by atoms with E-state index in [1.807, 2.05) is 18.2 Å². The predicted molar refractivity (Wildman–Crippen MR) is 94.6 cm³/mol. The minimum atomic E-state index is 0.0907. The molecule has 0 amide bonds. The van der Waals surface area contributed by atoms with Crippen LogP contribution in [0.2, 0.25) is 0 Å². The highest BCUT2D eigenvalue weighted by Crippen LogP contribution is 2.43. The molecule has 4 rings (SSSR count). The second kappa shape index (κ2) is 6.54. The van der Waals surface area contributed by atoms with Crippen LogP contribution in [0.3, 0.4) is 0 Å². The minimum absolute atomic E-state index is 0.0907. The highest BCUT2D eigenvalue weighted by Gasteiger charge is 2.29. The molecule has 122 valence electrons. The molecule has 1 atom stereocenters. The van der Waals surface area contributed by atoms with Gasteiger partial charge in [-0.15, -0.1) is 0 Å². The Morgan fingerprint density at radius 3 is 2.75 bits per heavy atom. The molecule has 0 radical (unpaired) electrons. The SMILES string of the molecule is CCCOc1cccc2c1C(c1cccc3ccccc13)COO2. The average molecular weight is 320 g/mol. The quantitative estimate of drug-likeness (QED) is 0.627. The molecule has 3 aromatic rings. The monoisotopic (exact) mass is 320 g/mol. The fourth-order valence-electron chi connectivity index (χ4n) is 3.33. The van der Waals surface area contributed by atoms with E-state index in [4.69, 9.17) is 14.5 Å². The van der Waals surface area contributed by atoms with E-state index < -0.39 is 0 Å². The minimum Gasteiger partial charge on any atom is -0.493 e. The molecule has 0 aromatic heterocycles. The summed E-state index contributed by atoms with van der Waals surface area (Å²) in [5.74, 6) is 1.72. The van der Waals surface area contributed by atoms with Crippen LogP contribution in [-0.2, 0) is 4.89 Å². The van der Waals surface area contributed by atoms with Crippen molar-refractivity contribution in [3.63, 3.8) is 0 Å². The van der Waals surface area contributed by atoms with Crippen LogP contribution in [0.1, 0.15) is 30.4 Å². The first-order valence-corrected chi connectivity index (χ1v) is 8.41. The lowest BCUT2D eigenvalue weighted by Crippen LogP contribution is -2.20. The topological polar surface area (TPSA) is 27.7 Å². The van der Waals surface area contributed by atoms with E-state index in [1.54, 1.807) is 0 Å². The number of hydrogen-bond donors (Lipinski definition) is 0. The summed E-state index contributed by atoms with van der Waals surface area (Å²) in [5.41, 5.74) is 2.32. The van der Waals surface area contributed by atoms with Crippen molar-refractivity contribution in [2.45, 2.75) is 19.3 Å². The van der Waals surface area contributed by atoms with Gasteiger partial charge in [0.15, 0.2) is 5.75 Å². The summed E-state index contributed by atoms with van der Waals surface area (Å²) >= 11 is 0. The molecule has 0 fully saturated rings. The Morgan fingerprint density at radius 1 is 1.00 bits per heavy atom. The molecule has 3 nitrogen and oxygen atoms in total. The molecule has 3 heteroatoms. The van der Waals surface area contributed by atoms with Gasteiger partial charge in [0.05, 0.1) is 12.2 Å². The van der Waals surface area contributed by atoms with Gasteiger partial charge >= 0.3 is 0 Å². The van der Waals surface area contributed by atoms with Crippen LogP contribution in [0.25, 0.3) is 10.8 Å². The second-order valence-corrected chi connectivity index (χ2v) is 6.01. The third-order valence-electron chi connectivity index (χ3n) is 4.42. The van der Waals surface area contributed by atoms with Gasteiger partial charge in [-0.25, -0.2) is 0 Å². The molecule has 1 aliphatic heterocycles. The van der Waals surface area contributed by atoms with Crippen molar-refractivity contribution in [2.24, 2.45) is 0 Å². The molecule has 1 heterocycles. The Morgan fingerprint density at radius 2 is 1.83 bits per heavy atom. The molecule has 1 aliphatic rings. The molecule has 3 aromatic carbocycles. The zero-order valence-corrected chi connectivity index (χ0v) is 13.7. The van der Waals surface area contributed by atoms with E-state index in [9.17, 15) is 0 Å². The normalized spacial score (nSPS) is 16.5. The molecule has 1 unspecified atom stereocenters. The number of benzene rings is 3. The van der Waals surface area contributed by atoms with Gasteiger partial charge in [0, 0.05) is 5.92 Å². The first-order chi connectivity index (χ1) is 11.9. The predicted octanol–water partition coefficient (Wildman–Crippen LogP) is 5.08. The van der Waals surface area contributed by atoms with Gasteiger partial charge in [-0.05, 0) is 34.9 Å². The number of fused-ring (bicyclic) bond motifs is 2. The van der Waals surface area contributed by atoms with Crippen molar-refractivity contribution in [3.05, 3.63) is 71.8 Å². The smallest absolute Gasteiger partial charge is 0.173 e. The molecule has 0 spiro atoms. The molecular formula is C21H20O3. The van der Waals surface area contributed by atoms with E-state index in [-0.39, 0.29) is 5.92 Å². The van der Waals surface area contributed by atoms with Gasteiger partial charge in [-0.2, -0.15) is 4.89 Å². The van der Waals surface area contributed by atoms with Crippen LogP contribution in [0, 0.1) is 0 Å². The van der Waals surface area contributed by atoms with Crippen LogP contribution in [-0.4, -0.2) is 13.2 Å². The molecule has 24 heavy (non-hydrogen) atoms. The number of rotatable bonds is 4. The first kappa shape index (κ1) is 15.0. The highest BCUT2D eigenvalue weighted by molar-refractivity contribution is 5.86. The summed E-state index contributed by atoms with van der Waals surface area (Å²) in [6, 6.07) is 20.7. The van der Waals surface area contributed by atoms with Gasteiger partial charge in [0.1, 0.15) is 12.4 Å². The van der Waals surface area contributed by atoms with Crippen molar-refractivity contribution in [1.29, 1.82) is 0 Å².